The fourth-order valence-electron chi connectivity index (χ4n) is 4.32. The van der Waals surface area contributed by atoms with E-state index in [0.29, 0.717) is 23.0 Å². The molecule has 5 nitrogen and oxygen atoms in total. The molecule has 5 rings (SSSR count). The van der Waals surface area contributed by atoms with Crippen molar-refractivity contribution in [1.82, 2.24) is 20.5 Å². The first-order valence-electron chi connectivity index (χ1n) is 9.69. The van der Waals surface area contributed by atoms with Gasteiger partial charge in [-0.3, -0.25) is 4.98 Å². The first kappa shape index (κ1) is 17.3. The third-order valence-corrected chi connectivity index (χ3v) is 5.76. The Kier molecular flexibility index (Phi) is 4.28. The van der Waals surface area contributed by atoms with Gasteiger partial charge in [0.05, 0.1) is 11.4 Å². The molecule has 2 aliphatic heterocycles. The summed E-state index contributed by atoms with van der Waals surface area (Å²) in [6, 6.07) is 9.38. The van der Waals surface area contributed by atoms with E-state index in [2.05, 4.69) is 20.5 Å². The average molecular weight is 376 g/mol. The molecule has 2 aromatic heterocycles. The van der Waals surface area contributed by atoms with Crippen LogP contribution >= 0.6 is 0 Å². The lowest BCUT2D eigenvalue weighted by atomic mass is 9.82. The van der Waals surface area contributed by atoms with Gasteiger partial charge < -0.3 is 10.4 Å². The van der Waals surface area contributed by atoms with E-state index in [9.17, 15) is 9.50 Å². The van der Waals surface area contributed by atoms with Crippen molar-refractivity contribution in [3.63, 3.8) is 0 Å². The van der Waals surface area contributed by atoms with Gasteiger partial charge in [-0.1, -0.05) is 6.42 Å². The maximum atomic E-state index is 14.7. The molecular weight excluding hydrogens is 355 g/mol. The molecule has 0 aliphatic carbocycles. The van der Waals surface area contributed by atoms with E-state index in [4.69, 9.17) is 0 Å². The van der Waals surface area contributed by atoms with Gasteiger partial charge in [-0.25, -0.2) is 4.39 Å². The van der Waals surface area contributed by atoms with Crippen molar-refractivity contribution in [2.24, 2.45) is 0 Å². The van der Waals surface area contributed by atoms with E-state index in [1.54, 1.807) is 18.5 Å². The molecule has 0 radical (unpaired) electrons. The number of hydrogen-bond donors (Lipinski definition) is 2. The van der Waals surface area contributed by atoms with Crippen molar-refractivity contribution in [2.75, 3.05) is 0 Å². The summed E-state index contributed by atoms with van der Waals surface area (Å²) in [5.41, 5.74) is 2.64. The second-order valence-electron chi connectivity index (χ2n) is 7.66. The Morgan fingerprint density at radius 2 is 2.04 bits per heavy atom. The summed E-state index contributed by atoms with van der Waals surface area (Å²) in [6.07, 6.45) is 8.10. The van der Waals surface area contributed by atoms with Crippen molar-refractivity contribution in [3.8, 4) is 17.0 Å². The molecule has 6 heteroatoms. The normalized spacial score (nSPS) is 25.9. The Morgan fingerprint density at radius 1 is 1.11 bits per heavy atom. The lowest BCUT2D eigenvalue weighted by Gasteiger charge is -2.39. The first-order valence-corrected chi connectivity index (χ1v) is 9.69. The van der Waals surface area contributed by atoms with Crippen LogP contribution in [-0.2, 0) is 0 Å². The summed E-state index contributed by atoms with van der Waals surface area (Å²) < 4.78 is 14.7. The second kappa shape index (κ2) is 6.95. The number of benzene rings is 1. The smallest absolute Gasteiger partial charge is 0.137 e. The minimum atomic E-state index is -0.962. The maximum absolute atomic E-state index is 14.7. The molecule has 2 fully saturated rings. The topological polar surface area (TPSA) is 70.9 Å². The Bertz CT molecular complexity index is 1050. The van der Waals surface area contributed by atoms with Gasteiger partial charge in [0.1, 0.15) is 11.9 Å². The summed E-state index contributed by atoms with van der Waals surface area (Å²) >= 11 is 0. The molecule has 0 saturated carbocycles. The van der Waals surface area contributed by atoms with Gasteiger partial charge in [0, 0.05) is 35.4 Å². The van der Waals surface area contributed by atoms with Gasteiger partial charge in [-0.05, 0) is 66.6 Å². The van der Waals surface area contributed by atoms with Crippen molar-refractivity contribution in [1.29, 1.82) is 0 Å². The number of phenols is 1. The molecule has 0 amide bonds. The molecule has 0 spiro atoms. The summed E-state index contributed by atoms with van der Waals surface area (Å²) in [6.45, 7) is 0. The monoisotopic (exact) mass is 376 g/mol. The number of hydrogen-bond acceptors (Lipinski definition) is 5. The minimum Gasteiger partial charge on any atom is -0.507 e. The molecule has 142 valence electrons. The highest BCUT2D eigenvalue weighted by Crippen LogP contribution is 2.34. The predicted octanol–water partition coefficient (Wildman–Crippen LogP) is 4.03. The summed E-state index contributed by atoms with van der Waals surface area (Å²) in [5, 5.41) is 24.1. The first-order chi connectivity index (χ1) is 13.7. The number of rotatable bonds is 2. The number of pyridine rings is 1. The van der Waals surface area contributed by atoms with Crippen LogP contribution in [-0.4, -0.2) is 38.5 Å². The third kappa shape index (κ3) is 3.14. The van der Waals surface area contributed by atoms with Crippen LogP contribution in [0.3, 0.4) is 0 Å². The SMILES string of the molecule is Oc1cc2cnccc2cc1-c1ccc(/C=C2\C[C@H]3CCC[C@H](N3)[C@H]2F)nn1. The van der Waals surface area contributed by atoms with E-state index >= 15 is 0 Å². The molecule has 0 unspecified atom stereocenters. The number of aromatic nitrogens is 3. The number of piperidine rings is 2. The molecule has 3 atom stereocenters. The Labute approximate surface area is 162 Å². The zero-order valence-corrected chi connectivity index (χ0v) is 15.3. The molecule has 2 bridgehead atoms. The van der Waals surface area contributed by atoms with Crippen LogP contribution in [0.1, 0.15) is 31.4 Å². The highest BCUT2D eigenvalue weighted by molar-refractivity contribution is 5.89. The van der Waals surface area contributed by atoms with Crippen LogP contribution in [0.25, 0.3) is 28.1 Å². The number of halogens is 1. The van der Waals surface area contributed by atoms with Crippen molar-refractivity contribution in [2.45, 2.75) is 43.9 Å². The summed E-state index contributed by atoms with van der Waals surface area (Å²) in [5.74, 6) is 0.135. The van der Waals surface area contributed by atoms with Crippen molar-refractivity contribution >= 4 is 16.8 Å². The lowest BCUT2D eigenvalue weighted by molar-refractivity contribution is 0.179. The van der Waals surface area contributed by atoms with Crippen LogP contribution in [0.2, 0.25) is 0 Å². The highest BCUT2D eigenvalue weighted by Gasteiger charge is 2.36. The number of aromatic hydroxyl groups is 1. The van der Waals surface area contributed by atoms with Gasteiger partial charge in [-0.2, -0.15) is 5.10 Å². The number of alkyl halides is 1. The molecule has 1 aromatic carbocycles. The molecule has 3 aromatic rings. The Balaban J connectivity index is 1.44. The van der Waals surface area contributed by atoms with Gasteiger partial charge >= 0.3 is 0 Å². The zero-order valence-electron chi connectivity index (χ0n) is 15.3. The molecule has 2 N–H and O–H groups in total. The summed E-state index contributed by atoms with van der Waals surface area (Å²) in [7, 11) is 0. The van der Waals surface area contributed by atoms with Crippen LogP contribution in [0, 0.1) is 0 Å². The Hall–Kier alpha value is -2.86. The predicted molar refractivity (Wildman–Crippen MR) is 106 cm³/mol. The van der Waals surface area contributed by atoms with E-state index in [1.165, 1.54) is 0 Å². The number of nitrogens with zero attached hydrogens (tertiary/aromatic N) is 3. The fourth-order valence-corrected chi connectivity index (χ4v) is 4.32. The van der Waals surface area contributed by atoms with E-state index < -0.39 is 6.17 Å². The van der Waals surface area contributed by atoms with Gasteiger partial charge in [0.25, 0.3) is 0 Å². The summed E-state index contributed by atoms with van der Waals surface area (Å²) in [4.78, 5) is 4.07. The van der Waals surface area contributed by atoms with E-state index in [1.807, 2.05) is 30.3 Å². The Morgan fingerprint density at radius 3 is 2.89 bits per heavy atom. The second-order valence-corrected chi connectivity index (χ2v) is 7.66. The van der Waals surface area contributed by atoms with Crippen LogP contribution in [0.15, 0.2) is 48.3 Å². The molecule has 2 saturated heterocycles. The van der Waals surface area contributed by atoms with Crippen molar-refractivity contribution in [3.05, 3.63) is 54.0 Å². The highest BCUT2D eigenvalue weighted by atomic mass is 19.1. The third-order valence-electron chi connectivity index (χ3n) is 5.76. The zero-order chi connectivity index (χ0) is 19.1. The number of phenolic OH excluding ortho intramolecular Hbond substituents is 1. The average Bonchev–Trinajstić information content (AvgIpc) is 2.72. The van der Waals surface area contributed by atoms with Crippen molar-refractivity contribution < 1.29 is 9.50 Å². The van der Waals surface area contributed by atoms with E-state index in [0.717, 1.165) is 42.0 Å². The lowest BCUT2D eigenvalue weighted by Crippen LogP contribution is -2.52. The van der Waals surface area contributed by atoms with E-state index in [-0.39, 0.29) is 11.8 Å². The van der Waals surface area contributed by atoms with Gasteiger partial charge in [-0.15, -0.1) is 5.10 Å². The standard InChI is InChI=1S/C22H21FN4O/c23-22-14(8-16-2-1-3-20(22)25-16)9-17-4-5-19(27-26-17)18-10-13-6-7-24-12-15(13)11-21(18)28/h4-7,9-12,16,20,22,25,28H,1-3,8H2/b14-9+/t16-,20+,22+/m1/s1. The fraction of sp³-hybridized carbons (Fsp3) is 0.318. The molecule has 4 heterocycles. The van der Waals surface area contributed by atoms with Crippen LogP contribution < -0.4 is 5.32 Å². The van der Waals surface area contributed by atoms with Crippen LogP contribution in [0.5, 0.6) is 5.75 Å². The maximum Gasteiger partial charge on any atom is 0.137 e. The molecule has 28 heavy (non-hydrogen) atoms. The van der Waals surface area contributed by atoms with Crippen LogP contribution in [0.4, 0.5) is 4.39 Å². The molecular formula is C22H21FN4O. The minimum absolute atomic E-state index is 0.0741. The number of nitrogens with one attached hydrogen (secondary N) is 1. The largest absolute Gasteiger partial charge is 0.507 e. The molecule has 2 aliphatic rings. The quantitative estimate of drug-likeness (QED) is 0.707. The van der Waals surface area contributed by atoms with Gasteiger partial charge in [0.2, 0.25) is 0 Å². The van der Waals surface area contributed by atoms with Gasteiger partial charge in [0.15, 0.2) is 0 Å². The number of fused-ring (bicyclic) bond motifs is 3.